The topological polar surface area (TPSA) is 83.5 Å². The van der Waals surface area contributed by atoms with Crippen molar-refractivity contribution in [3.05, 3.63) is 42.0 Å². The minimum absolute atomic E-state index is 0.0343. The van der Waals surface area contributed by atoms with E-state index >= 15 is 0 Å². The summed E-state index contributed by atoms with van der Waals surface area (Å²) < 4.78 is 26.4. The third-order valence-corrected chi connectivity index (χ3v) is 5.19. The van der Waals surface area contributed by atoms with Gasteiger partial charge in [0.2, 0.25) is 10.0 Å². The quantitative estimate of drug-likeness (QED) is 0.906. The van der Waals surface area contributed by atoms with Crippen LogP contribution in [-0.4, -0.2) is 24.7 Å². The normalized spacial score (nSPS) is 15.2. The van der Waals surface area contributed by atoms with Crippen LogP contribution in [0.4, 0.5) is 5.69 Å². The Hall–Kier alpha value is -2.08. The molecule has 0 aliphatic heterocycles. The summed E-state index contributed by atoms with van der Waals surface area (Å²) in [6.07, 6.45) is 1.26. The van der Waals surface area contributed by atoms with Crippen LogP contribution in [0, 0.1) is 0 Å². The molecule has 2 N–H and O–H groups in total. The van der Waals surface area contributed by atoms with Crippen LogP contribution in [0.15, 0.2) is 36.4 Å². The fraction of sp³-hybridized carbons (Fsp3) is 0.214. The number of rotatable bonds is 4. The molecule has 0 aromatic heterocycles. The molecule has 2 aromatic rings. The van der Waals surface area contributed by atoms with Crippen molar-refractivity contribution in [3.63, 3.8) is 0 Å². The van der Waals surface area contributed by atoms with Crippen molar-refractivity contribution in [2.24, 2.45) is 0 Å². The molecule has 104 valence electrons. The Bertz CT molecular complexity index is 794. The van der Waals surface area contributed by atoms with Gasteiger partial charge in [-0.1, -0.05) is 24.3 Å². The Morgan fingerprint density at radius 1 is 1.15 bits per heavy atom. The van der Waals surface area contributed by atoms with E-state index < -0.39 is 21.2 Å². The summed E-state index contributed by atoms with van der Waals surface area (Å²) in [5.74, 6) is -1.15. The van der Waals surface area contributed by atoms with Crippen LogP contribution in [0.3, 0.4) is 0 Å². The monoisotopic (exact) mass is 291 g/mol. The Kier molecular flexibility index (Phi) is 2.90. The van der Waals surface area contributed by atoms with Gasteiger partial charge in [-0.2, -0.15) is 0 Å². The Labute approximate surface area is 116 Å². The van der Waals surface area contributed by atoms with E-state index in [0.29, 0.717) is 12.8 Å². The van der Waals surface area contributed by atoms with Crippen molar-refractivity contribution in [2.75, 3.05) is 4.72 Å². The molecule has 2 aromatic carbocycles. The molecular weight excluding hydrogens is 278 g/mol. The lowest BCUT2D eigenvalue weighted by Gasteiger charge is -2.11. The molecule has 0 atom stereocenters. The van der Waals surface area contributed by atoms with Crippen molar-refractivity contribution < 1.29 is 18.3 Å². The number of fused-ring (bicyclic) bond motifs is 1. The fourth-order valence-electron chi connectivity index (χ4n) is 2.12. The lowest BCUT2D eigenvalue weighted by molar-refractivity contribution is 0.0698. The predicted molar refractivity (Wildman–Crippen MR) is 76.5 cm³/mol. The first-order valence-electron chi connectivity index (χ1n) is 6.25. The third-order valence-electron chi connectivity index (χ3n) is 3.33. The molecule has 1 aliphatic carbocycles. The lowest BCUT2D eigenvalue weighted by Crippen LogP contribution is -2.19. The molecule has 0 radical (unpaired) electrons. The zero-order chi connectivity index (χ0) is 14.3. The number of carboxylic acid groups (broad SMARTS) is 1. The highest BCUT2D eigenvalue weighted by atomic mass is 32.2. The summed E-state index contributed by atoms with van der Waals surface area (Å²) in [7, 11) is -3.48. The van der Waals surface area contributed by atoms with Gasteiger partial charge >= 0.3 is 5.97 Å². The van der Waals surface area contributed by atoms with Gasteiger partial charge in [-0.3, -0.25) is 4.72 Å². The zero-order valence-corrected chi connectivity index (χ0v) is 11.4. The number of hydrogen-bond donors (Lipinski definition) is 2. The molecule has 0 unspecified atom stereocenters. The third kappa shape index (κ3) is 2.34. The highest BCUT2D eigenvalue weighted by Crippen LogP contribution is 2.32. The van der Waals surface area contributed by atoms with Crippen LogP contribution in [-0.2, 0) is 10.0 Å². The van der Waals surface area contributed by atoms with Gasteiger partial charge in [0.05, 0.1) is 16.5 Å². The zero-order valence-electron chi connectivity index (χ0n) is 10.5. The van der Waals surface area contributed by atoms with E-state index in [1.165, 1.54) is 6.07 Å². The SMILES string of the molecule is O=C(O)c1cc2ccccc2cc1NS(=O)(=O)C1CC1. The second-order valence-electron chi connectivity index (χ2n) is 4.90. The fourth-order valence-corrected chi connectivity index (χ4v) is 3.52. The summed E-state index contributed by atoms with van der Waals surface area (Å²) in [5, 5.41) is 10.4. The molecule has 6 heteroatoms. The standard InChI is InChI=1S/C14H13NO4S/c16-14(17)12-7-9-3-1-2-4-10(9)8-13(12)15-20(18,19)11-5-6-11/h1-4,7-8,11,15H,5-6H2,(H,16,17). The van der Waals surface area contributed by atoms with Crippen LogP contribution >= 0.6 is 0 Å². The molecule has 0 spiro atoms. The van der Waals surface area contributed by atoms with Gasteiger partial charge in [-0.25, -0.2) is 13.2 Å². The predicted octanol–water partition coefficient (Wildman–Crippen LogP) is 2.44. The van der Waals surface area contributed by atoms with E-state index in [4.69, 9.17) is 0 Å². The average molecular weight is 291 g/mol. The van der Waals surface area contributed by atoms with Gasteiger partial charge in [0.15, 0.2) is 0 Å². The van der Waals surface area contributed by atoms with E-state index in [9.17, 15) is 18.3 Å². The number of sulfonamides is 1. The number of anilines is 1. The number of carboxylic acids is 1. The Morgan fingerprint density at radius 2 is 1.75 bits per heavy atom. The number of carbonyl (C=O) groups is 1. The molecule has 3 rings (SSSR count). The second-order valence-corrected chi connectivity index (χ2v) is 6.86. The van der Waals surface area contributed by atoms with E-state index in [0.717, 1.165) is 10.8 Å². The number of hydrogen-bond acceptors (Lipinski definition) is 3. The minimum Gasteiger partial charge on any atom is -0.478 e. The maximum Gasteiger partial charge on any atom is 0.337 e. The molecular formula is C14H13NO4S. The molecule has 0 saturated heterocycles. The van der Waals surface area contributed by atoms with E-state index in [1.54, 1.807) is 12.1 Å². The molecule has 0 bridgehead atoms. The molecule has 5 nitrogen and oxygen atoms in total. The highest BCUT2D eigenvalue weighted by Gasteiger charge is 2.36. The maximum atomic E-state index is 12.0. The average Bonchev–Trinajstić information content (AvgIpc) is 3.21. The van der Waals surface area contributed by atoms with Gasteiger partial charge in [-0.05, 0) is 35.7 Å². The molecule has 0 heterocycles. The second kappa shape index (κ2) is 4.49. The van der Waals surface area contributed by atoms with Crippen molar-refractivity contribution in [2.45, 2.75) is 18.1 Å². The van der Waals surface area contributed by atoms with Crippen LogP contribution in [0.1, 0.15) is 23.2 Å². The van der Waals surface area contributed by atoms with Crippen molar-refractivity contribution in [1.29, 1.82) is 0 Å². The Morgan fingerprint density at radius 3 is 2.30 bits per heavy atom. The van der Waals surface area contributed by atoms with E-state index in [2.05, 4.69) is 4.72 Å². The van der Waals surface area contributed by atoms with E-state index in [-0.39, 0.29) is 11.3 Å². The number of aromatic carboxylic acids is 1. The van der Waals surface area contributed by atoms with Crippen LogP contribution in [0.2, 0.25) is 0 Å². The van der Waals surface area contributed by atoms with Crippen LogP contribution in [0.25, 0.3) is 10.8 Å². The summed E-state index contributed by atoms with van der Waals surface area (Å²) in [6.45, 7) is 0. The van der Waals surface area contributed by atoms with Crippen molar-refractivity contribution in [1.82, 2.24) is 0 Å². The van der Waals surface area contributed by atoms with Gasteiger partial charge in [-0.15, -0.1) is 0 Å². The highest BCUT2D eigenvalue weighted by molar-refractivity contribution is 7.93. The summed E-state index contributed by atoms with van der Waals surface area (Å²) >= 11 is 0. The first kappa shape index (κ1) is 12.9. The lowest BCUT2D eigenvalue weighted by atomic mass is 10.1. The van der Waals surface area contributed by atoms with Crippen molar-refractivity contribution in [3.8, 4) is 0 Å². The summed E-state index contributed by atoms with van der Waals surface area (Å²) in [4.78, 5) is 11.3. The first-order valence-corrected chi connectivity index (χ1v) is 7.80. The van der Waals surface area contributed by atoms with Gasteiger partial charge in [0, 0.05) is 0 Å². The Balaban J connectivity index is 2.12. The summed E-state index contributed by atoms with van der Waals surface area (Å²) in [5.41, 5.74) is 0.0935. The molecule has 1 aliphatic rings. The maximum absolute atomic E-state index is 12.0. The first-order chi connectivity index (χ1) is 9.47. The molecule has 1 saturated carbocycles. The van der Waals surface area contributed by atoms with E-state index in [1.807, 2.05) is 18.2 Å². The molecule has 20 heavy (non-hydrogen) atoms. The smallest absolute Gasteiger partial charge is 0.337 e. The van der Waals surface area contributed by atoms with Crippen LogP contribution < -0.4 is 4.72 Å². The van der Waals surface area contributed by atoms with Gasteiger partial charge in [0.25, 0.3) is 0 Å². The number of benzene rings is 2. The van der Waals surface area contributed by atoms with Gasteiger partial charge in [0.1, 0.15) is 0 Å². The molecule has 1 fully saturated rings. The van der Waals surface area contributed by atoms with Gasteiger partial charge < -0.3 is 5.11 Å². The van der Waals surface area contributed by atoms with Crippen molar-refractivity contribution >= 4 is 32.5 Å². The summed E-state index contributed by atoms with van der Waals surface area (Å²) in [6, 6.07) is 10.3. The minimum atomic E-state index is -3.48. The number of nitrogens with one attached hydrogen (secondary N) is 1. The van der Waals surface area contributed by atoms with Crippen LogP contribution in [0.5, 0.6) is 0 Å². The largest absolute Gasteiger partial charge is 0.478 e. The molecule has 0 amide bonds.